The van der Waals surface area contributed by atoms with E-state index in [1.807, 2.05) is 12.1 Å². The van der Waals surface area contributed by atoms with Gasteiger partial charge >= 0.3 is 0 Å². The molecule has 3 nitrogen and oxygen atoms in total. The molecule has 0 radical (unpaired) electrons. The summed E-state index contributed by atoms with van der Waals surface area (Å²) in [7, 11) is 0. The van der Waals surface area contributed by atoms with Crippen LogP contribution in [0.3, 0.4) is 0 Å². The van der Waals surface area contributed by atoms with Gasteiger partial charge in [-0.15, -0.1) is 0 Å². The molecule has 2 rings (SSSR count). The van der Waals surface area contributed by atoms with Gasteiger partial charge in [0, 0.05) is 13.2 Å². The van der Waals surface area contributed by atoms with Gasteiger partial charge in [-0.1, -0.05) is 98.5 Å². The average molecular weight is 487 g/mol. The fourth-order valence-corrected chi connectivity index (χ4v) is 6.27. The zero-order valence-corrected chi connectivity index (χ0v) is 22.2. The second-order valence-electron chi connectivity index (χ2n) is 10.3. The summed E-state index contributed by atoms with van der Waals surface area (Å²) >= 11 is -0.728. The minimum atomic E-state index is -0.728. The third-order valence-electron chi connectivity index (χ3n) is 7.47. The lowest BCUT2D eigenvalue weighted by atomic mass is 9.76. The van der Waals surface area contributed by atoms with Crippen LogP contribution in [0.4, 0.5) is 0 Å². The lowest BCUT2D eigenvalue weighted by Gasteiger charge is -2.30. The Morgan fingerprint density at radius 3 is 1.32 bits per heavy atom. The number of hydrogen-bond donors (Lipinski definition) is 2. The minimum absolute atomic E-state index is 0.0133. The molecular formula is C30H46O3S. The predicted octanol–water partition coefficient (Wildman–Crippen LogP) is 6.54. The normalized spacial score (nSPS) is 16.0. The fourth-order valence-electron chi connectivity index (χ4n) is 5.01. The molecule has 0 aliphatic heterocycles. The van der Waals surface area contributed by atoms with Gasteiger partial charge in [-0.3, -0.25) is 0 Å². The molecule has 0 aliphatic carbocycles. The van der Waals surface area contributed by atoms with Crippen LogP contribution >= 0.6 is 0 Å². The van der Waals surface area contributed by atoms with Crippen LogP contribution in [-0.2, 0) is 22.0 Å². The van der Waals surface area contributed by atoms with Gasteiger partial charge in [-0.2, -0.15) is 0 Å². The highest BCUT2D eigenvalue weighted by Crippen LogP contribution is 2.34. The van der Waals surface area contributed by atoms with Crippen LogP contribution in [0.15, 0.2) is 60.7 Å². The molecule has 2 aromatic carbocycles. The molecule has 2 unspecified atom stereocenters. The first-order valence-corrected chi connectivity index (χ1v) is 14.6. The van der Waals surface area contributed by atoms with E-state index in [1.54, 1.807) is 0 Å². The quantitative estimate of drug-likeness (QED) is 0.186. The molecule has 2 atom stereocenters. The Bertz CT molecular complexity index is 704. The van der Waals surface area contributed by atoms with Gasteiger partial charge in [0.2, 0.25) is 0 Å². The van der Waals surface area contributed by atoms with Crippen LogP contribution in [-0.4, -0.2) is 39.5 Å². The van der Waals surface area contributed by atoms with Gasteiger partial charge in [0.15, 0.2) is 0 Å². The molecule has 4 heteroatoms. The maximum atomic E-state index is 12.5. The number of rotatable bonds is 18. The van der Waals surface area contributed by atoms with Crippen molar-refractivity contribution in [2.24, 2.45) is 0 Å². The van der Waals surface area contributed by atoms with Crippen molar-refractivity contribution in [3.63, 3.8) is 0 Å². The highest BCUT2D eigenvalue weighted by atomic mass is 32.2. The molecule has 0 aliphatic rings. The molecule has 0 saturated heterocycles. The van der Waals surface area contributed by atoms with E-state index in [2.05, 4.69) is 62.4 Å². The van der Waals surface area contributed by atoms with Crippen LogP contribution in [0, 0.1) is 0 Å². The highest BCUT2D eigenvalue weighted by Gasteiger charge is 2.26. The molecule has 2 aromatic rings. The van der Waals surface area contributed by atoms with E-state index in [4.69, 9.17) is 0 Å². The van der Waals surface area contributed by atoms with Crippen molar-refractivity contribution >= 4 is 11.2 Å². The second-order valence-corrected chi connectivity index (χ2v) is 12.0. The Kier molecular flexibility index (Phi) is 13.3. The van der Waals surface area contributed by atoms with E-state index >= 15 is 0 Å². The number of aliphatic hydroxyl groups excluding tert-OH is 2. The molecular weight excluding hydrogens is 440 g/mol. The SMILES string of the molecule is CC(CCO)(CCCCC[S+]([O-])CCCCCC(C)(CCO)c1ccccc1)c1ccccc1. The third-order valence-corrected chi connectivity index (χ3v) is 8.96. The molecule has 2 N–H and O–H groups in total. The average Bonchev–Trinajstić information content (AvgIpc) is 2.85. The first kappa shape index (κ1) is 28.9. The summed E-state index contributed by atoms with van der Waals surface area (Å²) in [5.74, 6) is 1.60. The topological polar surface area (TPSA) is 63.5 Å². The van der Waals surface area contributed by atoms with E-state index in [1.165, 1.54) is 11.1 Å². The molecule has 190 valence electrons. The van der Waals surface area contributed by atoms with Crippen molar-refractivity contribution in [2.75, 3.05) is 24.7 Å². The van der Waals surface area contributed by atoms with Crippen molar-refractivity contribution < 1.29 is 14.8 Å². The van der Waals surface area contributed by atoms with Crippen molar-refractivity contribution in [1.82, 2.24) is 0 Å². The molecule has 0 fully saturated rings. The van der Waals surface area contributed by atoms with Gasteiger partial charge in [0.25, 0.3) is 0 Å². The van der Waals surface area contributed by atoms with E-state index in [9.17, 15) is 14.8 Å². The van der Waals surface area contributed by atoms with Crippen LogP contribution in [0.2, 0.25) is 0 Å². The lowest BCUT2D eigenvalue weighted by molar-refractivity contribution is 0.235. The highest BCUT2D eigenvalue weighted by molar-refractivity contribution is 7.91. The number of hydrogen-bond acceptors (Lipinski definition) is 3. The van der Waals surface area contributed by atoms with E-state index in [0.29, 0.717) is 0 Å². The Morgan fingerprint density at radius 2 is 0.971 bits per heavy atom. The number of benzene rings is 2. The van der Waals surface area contributed by atoms with Crippen LogP contribution in [0.25, 0.3) is 0 Å². The van der Waals surface area contributed by atoms with Gasteiger partial charge in [0.1, 0.15) is 11.5 Å². The first-order valence-electron chi connectivity index (χ1n) is 13.1. The van der Waals surface area contributed by atoms with Crippen molar-refractivity contribution in [3.8, 4) is 0 Å². The van der Waals surface area contributed by atoms with Crippen molar-refractivity contribution in [1.29, 1.82) is 0 Å². The van der Waals surface area contributed by atoms with Crippen LogP contribution in [0.1, 0.15) is 89.2 Å². The summed E-state index contributed by atoms with van der Waals surface area (Å²) in [6, 6.07) is 21.0. The largest absolute Gasteiger partial charge is 0.616 e. The van der Waals surface area contributed by atoms with E-state index < -0.39 is 11.2 Å². The van der Waals surface area contributed by atoms with Crippen molar-refractivity contribution in [3.05, 3.63) is 71.8 Å². The van der Waals surface area contributed by atoms with E-state index in [-0.39, 0.29) is 24.0 Å². The van der Waals surface area contributed by atoms with Crippen LogP contribution in [0.5, 0.6) is 0 Å². The summed E-state index contributed by atoms with van der Waals surface area (Å²) in [6.45, 7) is 4.92. The zero-order chi connectivity index (χ0) is 24.7. The van der Waals surface area contributed by atoms with Gasteiger partial charge in [-0.05, 0) is 73.3 Å². The molecule has 0 saturated carbocycles. The maximum absolute atomic E-state index is 12.5. The summed E-state index contributed by atoms with van der Waals surface area (Å²) < 4.78 is 12.5. The second kappa shape index (κ2) is 15.6. The Labute approximate surface area is 211 Å². The molecule has 0 amide bonds. The smallest absolute Gasteiger partial charge is 0.105 e. The number of aliphatic hydroxyl groups is 2. The van der Waals surface area contributed by atoms with Gasteiger partial charge in [-0.25, -0.2) is 0 Å². The van der Waals surface area contributed by atoms with Gasteiger partial charge in [0.05, 0.1) is 0 Å². The Balaban J connectivity index is 1.61. The molecule has 0 aromatic heterocycles. The third kappa shape index (κ3) is 9.73. The standard InChI is InChI=1S/C30H46O3S/c1-29(21-23-31,27-15-7-3-8-16-27)19-11-5-13-25-34(33)26-14-6-12-20-30(2,22-24-32)28-17-9-4-10-18-28/h3-4,7-10,15-18,31-32H,5-6,11-14,19-26H2,1-2H3. The van der Waals surface area contributed by atoms with E-state index in [0.717, 1.165) is 75.7 Å². The summed E-state index contributed by atoms with van der Waals surface area (Å²) in [6.07, 6.45) is 10.1. The summed E-state index contributed by atoms with van der Waals surface area (Å²) in [5.41, 5.74) is 2.63. The molecule has 0 spiro atoms. The summed E-state index contributed by atoms with van der Waals surface area (Å²) in [4.78, 5) is 0. The summed E-state index contributed by atoms with van der Waals surface area (Å²) in [5, 5.41) is 19.1. The molecule has 0 heterocycles. The number of unbranched alkanes of at least 4 members (excludes halogenated alkanes) is 4. The van der Waals surface area contributed by atoms with Crippen LogP contribution < -0.4 is 0 Å². The zero-order valence-electron chi connectivity index (χ0n) is 21.4. The Hall–Kier alpha value is -1.33. The maximum Gasteiger partial charge on any atom is 0.105 e. The van der Waals surface area contributed by atoms with Crippen molar-refractivity contribution in [2.45, 2.75) is 88.9 Å². The first-order chi connectivity index (χ1) is 16.4. The molecule has 0 bridgehead atoms. The molecule has 34 heavy (non-hydrogen) atoms. The minimum Gasteiger partial charge on any atom is -0.616 e. The Morgan fingerprint density at radius 1 is 0.588 bits per heavy atom. The fraction of sp³-hybridized carbons (Fsp3) is 0.600. The monoisotopic (exact) mass is 486 g/mol. The predicted molar refractivity (Wildman–Crippen MR) is 146 cm³/mol. The lowest BCUT2D eigenvalue weighted by Crippen LogP contribution is -2.23. The van der Waals surface area contributed by atoms with Gasteiger partial charge < -0.3 is 14.8 Å².